The summed E-state index contributed by atoms with van der Waals surface area (Å²) in [4.78, 5) is 2.64. The lowest BCUT2D eigenvalue weighted by Crippen LogP contribution is -2.76. The fourth-order valence-corrected chi connectivity index (χ4v) is 16.8. The molecule has 0 fully saturated rings. The van der Waals surface area contributed by atoms with Gasteiger partial charge in [-0.1, -0.05) is 163 Å². The standard InChI is InChI=1S/C52H33NOSSi/c1-2-16-37(17-3-1)56(51-27-13-15-34-14-12-23-44(52(34)51)53-42-21-7-4-18-38(42)39-19-5-8-22-43(39)53)49-26-11-10-25-47(49)55-48-33-36(29-31-50(48)56)35-28-30-41-40-20-6-9-24-45(40)54-46(41)32-35/h1-33H. The number of furan rings is 1. The van der Waals surface area contributed by atoms with E-state index in [2.05, 4.69) is 199 Å². The Hall–Kier alpha value is -6.59. The van der Waals surface area contributed by atoms with Gasteiger partial charge in [-0.05, 0) is 85.8 Å². The molecule has 56 heavy (non-hydrogen) atoms. The summed E-state index contributed by atoms with van der Waals surface area (Å²) in [5.41, 5.74) is 7.84. The van der Waals surface area contributed by atoms with E-state index < -0.39 is 8.07 Å². The van der Waals surface area contributed by atoms with E-state index in [0.29, 0.717) is 0 Å². The molecule has 2 aromatic heterocycles. The second-order valence-corrected chi connectivity index (χ2v) is 19.6. The molecule has 9 aromatic carbocycles. The van der Waals surface area contributed by atoms with Crippen LogP contribution in [0, 0.1) is 0 Å². The van der Waals surface area contributed by atoms with Crippen molar-refractivity contribution in [1.29, 1.82) is 0 Å². The zero-order valence-electron chi connectivity index (χ0n) is 30.3. The Balaban J connectivity index is 1.17. The summed E-state index contributed by atoms with van der Waals surface area (Å²) in [6.45, 7) is 0. The summed E-state index contributed by atoms with van der Waals surface area (Å²) >= 11 is 1.91. The molecular formula is C52H33NOSSi. The molecule has 0 aliphatic carbocycles. The fraction of sp³-hybridized carbons (Fsp3) is 0. The van der Waals surface area contributed by atoms with Crippen LogP contribution in [-0.4, -0.2) is 12.6 Å². The number of para-hydroxylation sites is 3. The topological polar surface area (TPSA) is 18.1 Å². The zero-order chi connectivity index (χ0) is 36.8. The smallest absolute Gasteiger partial charge is 0.182 e. The lowest BCUT2D eigenvalue weighted by molar-refractivity contribution is 0.669. The van der Waals surface area contributed by atoms with E-state index >= 15 is 0 Å². The largest absolute Gasteiger partial charge is 0.456 e. The van der Waals surface area contributed by atoms with Gasteiger partial charge in [-0.3, -0.25) is 0 Å². The van der Waals surface area contributed by atoms with E-state index in [9.17, 15) is 0 Å². The van der Waals surface area contributed by atoms with Crippen LogP contribution in [0.3, 0.4) is 0 Å². The molecule has 1 atom stereocenters. The monoisotopic (exact) mass is 747 g/mol. The maximum absolute atomic E-state index is 6.36. The number of hydrogen-bond donors (Lipinski definition) is 0. The molecule has 1 aliphatic heterocycles. The van der Waals surface area contributed by atoms with Crippen molar-refractivity contribution in [2.24, 2.45) is 0 Å². The Morgan fingerprint density at radius 2 is 1.02 bits per heavy atom. The minimum atomic E-state index is -2.96. The molecule has 0 saturated heterocycles. The fourth-order valence-electron chi connectivity index (χ4n) is 9.58. The predicted molar refractivity (Wildman–Crippen MR) is 239 cm³/mol. The molecule has 2 nitrogen and oxygen atoms in total. The number of fused-ring (bicyclic) bond motifs is 9. The predicted octanol–water partition coefficient (Wildman–Crippen LogP) is 11.3. The Bertz CT molecular complexity index is 3300. The van der Waals surface area contributed by atoms with Gasteiger partial charge in [0.2, 0.25) is 0 Å². The number of nitrogens with zero attached hydrogens (tertiary/aromatic N) is 1. The minimum Gasteiger partial charge on any atom is -0.456 e. The highest BCUT2D eigenvalue weighted by atomic mass is 32.2. The van der Waals surface area contributed by atoms with Crippen LogP contribution in [0.15, 0.2) is 214 Å². The highest BCUT2D eigenvalue weighted by molar-refractivity contribution is 8.00. The van der Waals surface area contributed by atoms with Crippen molar-refractivity contribution in [2.45, 2.75) is 9.79 Å². The van der Waals surface area contributed by atoms with Gasteiger partial charge in [0.1, 0.15) is 11.2 Å². The average Bonchev–Trinajstić information content (AvgIpc) is 3.81. The van der Waals surface area contributed by atoms with Crippen molar-refractivity contribution in [3.05, 3.63) is 200 Å². The molecule has 0 radical (unpaired) electrons. The van der Waals surface area contributed by atoms with Crippen LogP contribution < -0.4 is 20.7 Å². The second-order valence-electron chi connectivity index (χ2n) is 14.8. The molecule has 1 aliphatic rings. The van der Waals surface area contributed by atoms with Gasteiger partial charge in [-0.2, -0.15) is 0 Å². The average molecular weight is 748 g/mol. The summed E-state index contributed by atoms with van der Waals surface area (Å²) < 4.78 is 8.86. The quantitative estimate of drug-likeness (QED) is 0.167. The third-order valence-corrected chi connectivity index (χ3v) is 18.3. The van der Waals surface area contributed by atoms with Gasteiger partial charge in [0.15, 0.2) is 8.07 Å². The highest BCUT2D eigenvalue weighted by Gasteiger charge is 2.48. The number of benzene rings is 9. The molecule has 262 valence electrons. The first-order valence-corrected chi connectivity index (χ1v) is 22.0. The Kier molecular flexibility index (Phi) is 6.92. The van der Waals surface area contributed by atoms with E-state index in [-0.39, 0.29) is 0 Å². The summed E-state index contributed by atoms with van der Waals surface area (Å²) in [5, 5.41) is 13.0. The third-order valence-electron chi connectivity index (χ3n) is 11.9. The Morgan fingerprint density at radius 1 is 0.411 bits per heavy atom. The van der Waals surface area contributed by atoms with Gasteiger partial charge in [0.25, 0.3) is 0 Å². The first-order chi connectivity index (χ1) is 27.8. The molecular weight excluding hydrogens is 715 g/mol. The van der Waals surface area contributed by atoms with Crippen LogP contribution in [0.2, 0.25) is 0 Å². The molecule has 11 aromatic rings. The lowest BCUT2D eigenvalue weighted by Gasteiger charge is -2.41. The molecule has 0 spiro atoms. The van der Waals surface area contributed by atoms with E-state index in [1.165, 1.54) is 74.4 Å². The Labute approximate surface area is 329 Å². The molecule has 0 saturated carbocycles. The molecule has 1 unspecified atom stereocenters. The number of hydrogen-bond acceptors (Lipinski definition) is 2. The van der Waals surface area contributed by atoms with Crippen molar-refractivity contribution in [3.63, 3.8) is 0 Å². The summed E-state index contributed by atoms with van der Waals surface area (Å²) in [7, 11) is -2.96. The van der Waals surface area contributed by atoms with Crippen molar-refractivity contribution in [1.82, 2.24) is 4.57 Å². The molecule has 4 heteroatoms. The van der Waals surface area contributed by atoms with Crippen molar-refractivity contribution < 1.29 is 4.42 Å². The van der Waals surface area contributed by atoms with E-state index in [1.807, 2.05) is 17.8 Å². The van der Waals surface area contributed by atoms with Crippen LogP contribution in [0.4, 0.5) is 0 Å². The van der Waals surface area contributed by atoms with Gasteiger partial charge in [-0.15, -0.1) is 0 Å². The maximum atomic E-state index is 6.36. The minimum absolute atomic E-state index is 0.917. The van der Waals surface area contributed by atoms with Crippen LogP contribution in [-0.2, 0) is 0 Å². The highest BCUT2D eigenvalue weighted by Crippen LogP contribution is 2.39. The second kappa shape index (κ2) is 12.2. The Morgan fingerprint density at radius 3 is 1.84 bits per heavy atom. The zero-order valence-corrected chi connectivity index (χ0v) is 32.1. The van der Waals surface area contributed by atoms with Crippen LogP contribution >= 0.6 is 11.8 Å². The molecule has 12 rings (SSSR count). The van der Waals surface area contributed by atoms with Gasteiger partial charge < -0.3 is 8.98 Å². The number of rotatable bonds is 4. The first kappa shape index (κ1) is 31.7. The number of aromatic nitrogens is 1. The summed E-state index contributed by atoms with van der Waals surface area (Å²) in [6, 6.07) is 74.4. The SMILES string of the molecule is c1ccc([Si]2(c3cccc4cccc(-n5c6ccccc6c6ccccc65)c34)c3ccccc3Sc3cc(-c4ccc5c(c4)oc4ccccc45)ccc32)cc1. The maximum Gasteiger partial charge on any atom is 0.182 e. The normalized spacial score (nSPS) is 15.1. The first-order valence-electron chi connectivity index (χ1n) is 19.2. The lowest BCUT2D eigenvalue weighted by atomic mass is 10.0. The molecule has 3 heterocycles. The third kappa shape index (κ3) is 4.45. The van der Waals surface area contributed by atoms with Crippen molar-refractivity contribution in [2.75, 3.05) is 0 Å². The summed E-state index contributed by atoms with van der Waals surface area (Å²) in [5.74, 6) is 0. The molecule has 0 N–H and O–H groups in total. The van der Waals surface area contributed by atoms with E-state index in [1.54, 1.807) is 0 Å². The van der Waals surface area contributed by atoms with Crippen LogP contribution in [0.25, 0.3) is 71.3 Å². The van der Waals surface area contributed by atoms with Crippen LogP contribution in [0.5, 0.6) is 0 Å². The summed E-state index contributed by atoms with van der Waals surface area (Å²) in [6.07, 6.45) is 0. The van der Waals surface area contributed by atoms with Gasteiger partial charge >= 0.3 is 0 Å². The molecule has 0 amide bonds. The molecule has 0 bridgehead atoms. The van der Waals surface area contributed by atoms with E-state index in [0.717, 1.165) is 27.5 Å². The van der Waals surface area contributed by atoms with Crippen molar-refractivity contribution >= 4 is 95.1 Å². The van der Waals surface area contributed by atoms with Gasteiger partial charge in [0, 0.05) is 36.7 Å². The van der Waals surface area contributed by atoms with Crippen molar-refractivity contribution in [3.8, 4) is 16.8 Å². The van der Waals surface area contributed by atoms with Crippen LogP contribution in [0.1, 0.15) is 0 Å². The van der Waals surface area contributed by atoms with Gasteiger partial charge in [0.05, 0.1) is 16.7 Å². The van der Waals surface area contributed by atoms with E-state index in [4.69, 9.17) is 4.42 Å². The van der Waals surface area contributed by atoms with Gasteiger partial charge in [-0.25, -0.2) is 0 Å².